The van der Waals surface area contributed by atoms with Crippen LogP contribution < -0.4 is 10.6 Å². The Morgan fingerprint density at radius 2 is 2.06 bits per heavy atom. The highest BCUT2D eigenvalue weighted by Crippen LogP contribution is 2.13. The number of hydrogen-bond donors (Lipinski definition) is 2. The third kappa shape index (κ3) is 4.44. The van der Waals surface area contributed by atoms with Gasteiger partial charge in [-0.2, -0.15) is 0 Å². The van der Waals surface area contributed by atoms with Crippen molar-refractivity contribution in [3.8, 4) is 0 Å². The summed E-state index contributed by atoms with van der Waals surface area (Å²) in [6.07, 6.45) is 0. The summed E-state index contributed by atoms with van der Waals surface area (Å²) in [6.45, 7) is 6.45. The number of nitrogens with one attached hydrogen (secondary N) is 2. The summed E-state index contributed by atoms with van der Waals surface area (Å²) in [7, 11) is 1.61. The Kier molecular flexibility index (Phi) is 4.97. The van der Waals surface area contributed by atoms with Crippen LogP contribution >= 0.6 is 0 Å². The molecule has 94 valence electrons. The number of ether oxygens (including phenoxy) is 1. The highest BCUT2D eigenvalue weighted by molar-refractivity contribution is 5.89. The van der Waals surface area contributed by atoms with Crippen LogP contribution in [0.2, 0.25) is 0 Å². The standard InChI is InChI=1S/C13H20N2O2/c1-9-5-6-12(7-10(9)2)15-13(16)14-11(3)8-17-4/h5-7,11H,8H2,1-4H3,(H2,14,15,16). The summed E-state index contributed by atoms with van der Waals surface area (Å²) in [5.41, 5.74) is 3.17. The molecule has 0 fully saturated rings. The lowest BCUT2D eigenvalue weighted by Gasteiger charge is -2.14. The second kappa shape index (κ2) is 6.25. The average molecular weight is 236 g/mol. The van der Waals surface area contributed by atoms with Crippen LogP contribution in [0.5, 0.6) is 0 Å². The maximum absolute atomic E-state index is 11.6. The third-order valence-corrected chi connectivity index (χ3v) is 2.56. The fraction of sp³-hybridized carbons (Fsp3) is 0.462. The Balaban J connectivity index is 2.53. The van der Waals surface area contributed by atoms with Crippen molar-refractivity contribution < 1.29 is 9.53 Å². The van der Waals surface area contributed by atoms with Gasteiger partial charge in [-0.3, -0.25) is 0 Å². The molecule has 0 bridgehead atoms. The molecular formula is C13H20N2O2. The minimum absolute atomic E-state index is 0.00783. The van der Waals surface area contributed by atoms with Crippen molar-refractivity contribution in [1.29, 1.82) is 0 Å². The predicted molar refractivity (Wildman–Crippen MR) is 69.4 cm³/mol. The fourth-order valence-electron chi connectivity index (χ4n) is 1.50. The lowest BCUT2D eigenvalue weighted by molar-refractivity contribution is 0.173. The van der Waals surface area contributed by atoms with Crippen molar-refractivity contribution in [3.63, 3.8) is 0 Å². The number of carbonyl (C=O) groups is 1. The molecule has 1 rings (SSSR count). The summed E-state index contributed by atoms with van der Waals surface area (Å²) < 4.78 is 4.95. The van der Waals surface area contributed by atoms with Gasteiger partial charge < -0.3 is 15.4 Å². The van der Waals surface area contributed by atoms with E-state index in [1.54, 1.807) is 7.11 Å². The topological polar surface area (TPSA) is 50.4 Å². The molecule has 0 heterocycles. The minimum atomic E-state index is -0.210. The normalized spacial score (nSPS) is 12.0. The third-order valence-electron chi connectivity index (χ3n) is 2.56. The van der Waals surface area contributed by atoms with Gasteiger partial charge >= 0.3 is 6.03 Å². The zero-order valence-electron chi connectivity index (χ0n) is 10.8. The molecule has 0 saturated heterocycles. The van der Waals surface area contributed by atoms with Crippen molar-refractivity contribution in [1.82, 2.24) is 5.32 Å². The minimum Gasteiger partial charge on any atom is -0.383 e. The first-order valence-electron chi connectivity index (χ1n) is 5.66. The summed E-state index contributed by atoms with van der Waals surface area (Å²) in [4.78, 5) is 11.6. The predicted octanol–water partition coefficient (Wildman–Crippen LogP) is 2.46. The number of urea groups is 1. The number of anilines is 1. The van der Waals surface area contributed by atoms with Crippen molar-refractivity contribution in [2.75, 3.05) is 19.0 Å². The monoisotopic (exact) mass is 236 g/mol. The Morgan fingerprint density at radius 1 is 1.35 bits per heavy atom. The molecule has 17 heavy (non-hydrogen) atoms. The smallest absolute Gasteiger partial charge is 0.319 e. The molecule has 1 unspecified atom stereocenters. The summed E-state index contributed by atoms with van der Waals surface area (Å²) in [5, 5.41) is 5.58. The lowest BCUT2D eigenvalue weighted by atomic mass is 10.1. The van der Waals surface area contributed by atoms with Gasteiger partial charge in [-0.05, 0) is 44.0 Å². The highest BCUT2D eigenvalue weighted by Gasteiger charge is 2.07. The van der Waals surface area contributed by atoms with E-state index in [9.17, 15) is 4.79 Å². The van der Waals surface area contributed by atoms with Gasteiger partial charge in [0.25, 0.3) is 0 Å². The van der Waals surface area contributed by atoms with Crippen LogP contribution in [0.15, 0.2) is 18.2 Å². The van der Waals surface area contributed by atoms with Crippen molar-refractivity contribution in [3.05, 3.63) is 29.3 Å². The van der Waals surface area contributed by atoms with Gasteiger partial charge in [0.2, 0.25) is 0 Å². The average Bonchev–Trinajstić information content (AvgIpc) is 2.23. The SMILES string of the molecule is COCC(C)NC(=O)Nc1ccc(C)c(C)c1. The van der Waals surface area contributed by atoms with Gasteiger partial charge in [0.15, 0.2) is 0 Å². The molecule has 0 aliphatic carbocycles. The maximum Gasteiger partial charge on any atom is 0.319 e. The first-order chi connectivity index (χ1) is 8.02. The molecule has 0 saturated carbocycles. The zero-order chi connectivity index (χ0) is 12.8. The van der Waals surface area contributed by atoms with E-state index < -0.39 is 0 Å². The molecule has 0 radical (unpaired) electrons. The second-order valence-corrected chi connectivity index (χ2v) is 4.25. The molecule has 2 amide bonds. The van der Waals surface area contributed by atoms with Gasteiger partial charge in [0, 0.05) is 12.8 Å². The second-order valence-electron chi connectivity index (χ2n) is 4.25. The van der Waals surface area contributed by atoms with Gasteiger partial charge in [-0.15, -0.1) is 0 Å². The summed E-state index contributed by atoms with van der Waals surface area (Å²) in [5.74, 6) is 0. The molecule has 1 atom stereocenters. The van der Waals surface area contributed by atoms with Gasteiger partial charge in [-0.25, -0.2) is 4.79 Å². The lowest BCUT2D eigenvalue weighted by Crippen LogP contribution is -2.38. The number of rotatable bonds is 4. The van der Waals surface area contributed by atoms with Gasteiger partial charge in [-0.1, -0.05) is 6.07 Å². The fourth-order valence-corrected chi connectivity index (χ4v) is 1.50. The van der Waals surface area contributed by atoms with E-state index in [4.69, 9.17) is 4.74 Å². The molecule has 0 aliphatic rings. The van der Waals surface area contributed by atoms with E-state index in [1.165, 1.54) is 5.56 Å². The van der Waals surface area contributed by atoms with Crippen molar-refractivity contribution >= 4 is 11.7 Å². The van der Waals surface area contributed by atoms with E-state index in [0.29, 0.717) is 6.61 Å². The van der Waals surface area contributed by atoms with Gasteiger partial charge in [0.05, 0.1) is 12.6 Å². The van der Waals surface area contributed by atoms with Crippen LogP contribution in [0.4, 0.5) is 10.5 Å². The number of aryl methyl sites for hydroxylation is 2. The molecule has 1 aromatic rings. The summed E-state index contributed by atoms with van der Waals surface area (Å²) in [6, 6.07) is 5.62. The number of benzene rings is 1. The number of methoxy groups -OCH3 is 1. The van der Waals surface area contributed by atoms with E-state index >= 15 is 0 Å². The molecule has 4 nitrogen and oxygen atoms in total. The molecular weight excluding hydrogens is 216 g/mol. The van der Waals surface area contributed by atoms with Crippen LogP contribution in [0.3, 0.4) is 0 Å². The molecule has 4 heteroatoms. The van der Waals surface area contributed by atoms with E-state index in [-0.39, 0.29) is 12.1 Å². The largest absolute Gasteiger partial charge is 0.383 e. The number of carbonyl (C=O) groups excluding carboxylic acids is 1. The van der Waals surface area contributed by atoms with Crippen molar-refractivity contribution in [2.24, 2.45) is 0 Å². The van der Waals surface area contributed by atoms with Crippen molar-refractivity contribution in [2.45, 2.75) is 26.8 Å². The van der Waals surface area contributed by atoms with Crippen LogP contribution in [-0.4, -0.2) is 25.8 Å². The maximum atomic E-state index is 11.6. The molecule has 1 aromatic carbocycles. The number of hydrogen-bond acceptors (Lipinski definition) is 2. The van der Waals surface area contributed by atoms with Crippen LogP contribution in [0.1, 0.15) is 18.1 Å². The molecule has 2 N–H and O–H groups in total. The van der Waals surface area contributed by atoms with E-state index in [1.807, 2.05) is 39.0 Å². The van der Waals surface area contributed by atoms with E-state index in [2.05, 4.69) is 10.6 Å². The zero-order valence-corrected chi connectivity index (χ0v) is 10.8. The van der Waals surface area contributed by atoms with Gasteiger partial charge in [0.1, 0.15) is 0 Å². The van der Waals surface area contributed by atoms with Crippen LogP contribution in [-0.2, 0) is 4.74 Å². The molecule has 0 aliphatic heterocycles. The Bertz CT molecular complexity index is 391. The van der Waals surface area contributed by atoms with Crippen LogP contribution in [0.25, 0.3) is 0 Å². The first-order valence-corrected chi connectivity index (χ1v) is 5.66. The quantitative estimate of drug-likeness (QED) is 0.843. The summed E-state index contributed by atoms with van der Waals surface area (Å²) >= 11 is 0. The first kappa shape index (κ1) is 13.5. The Morgan fingerprint density at radius 3 is 2.65 bits per heavy atom. The van der Waals surface area contributed by atoms with E-state index in [0.717, 1.165) is 11.3 Å². The number of amides is 2. The molecule has 0 spiro atoms. The highest BCUT2D eigenvalue weighted by atomic mass is 16.5. The molecule has 0 aromatic heterocycles. The Labute approximate surface area is 102 Å². The van der Waals surface area contributed by atoms with Crippen LogP contribution in [0, 0.1) is 13.8 Å². The Hall–Kier alpha value is -1.55.